The molecule has 1 aromatic rings. The molecule has 1 aromatic heterocycles. The first-order valence-electron chi connectivity index (χ1n) is 7.80. The summed E-state index contributed by atoms with van der Waals surface area (Å²) < 4.78 is 0. The number of aromatic nitrogens is 1. The maximum atomic E-state index is 5.96. The van der Waals surface area contributed by atoms with Crippen molar-refractivity contribution in [3.8, 4) is 0 Å². The van der Waals surface area contributed by atoms with Gasteiger partial charge in [0.05, 0.1) is 5.56 Å². The lowest BCUT2D eigenvalue weighted by Gasteiger charge is -2.25. The average Bonchev–Trinajstić information content (AvgIpc) is 2.95. The predicted octanol–water partition coefficient (Wildman–Crippen LogP) is 1.73. The van der Waals surface area contributed by atoms with Crippen molar-refractivity contribution in [1.29, 1.82) is 0 Å². The highest BCUT2D eigenvalue weighted by atomic mass is 32.1. The number of nitrogens with two attached hydrogens (primary N) is 1. The van der Waals surface area contributed by atoms with Crippen LogP contribution in [-0.4, -0.2) is 48.1 Å². The molecule has 2 N–H and O–H groups in total. The van der Waals surface area contributed by atoms with Crippen LogP contribution < -0.4 is 10.6 Å². The van der Waals surface area contributed by atoms with Crippen LogP contribution in [0.4, 0.5) is 5.82 Å². The van der Waals surface area contributed by atoms with Gasteiger partial charge in [-0.2, -0.15) is 0 Å². The second kappa shape index (κ2) is 5.89. The Morgan fingerprint density at radius 3 is 2.81 bits per heavy atom. The third kappa shape index (κ3) is 2.90. The molecule has 2 heterocycles. The van der Waals surface area contributed by atoms with E-state index in [9.17, 15) is 0 Å². The molecule has 5 heteroatoms. The average molecular weight is 304 g/mol. The van der Waals surface area contributed by atoms with Gasteiger partial charge in [-0.1, -0.05) is 12.2 Å². The van der Waals surface area contributed by atoms with Gasteiger partial charge in [0.15, 0.2) is 0 Å². The molecule has 0 saturated carbocycles. The van der Waals surface area contributed by atoms with Crippen LogP contribution in [0.15, 0.2) is 6.07 Å². The Bertz CT molecular complexity index is 555. The maximum Gasteiger partial charge on any atom is 0.139 e. The van der Waals surface area contributed by atoms with E-state index in [0.29, 0.717) is 11.0 Å². The molecule has 0 spiro atoms. The van der Waals surface area contributed by atoms with E-state index in [0.717, 1.165) is 37.3 Å². The number of aryl methyl sites for hydroxylation is 2. The van der Waals surface area contributed by atoms with Crippen LogP contribution in [0, 0.1) is 0 Å². The lowest BCUT2D eigenvalue weighted by atomic mass is 9.94. The Kier molecular flexibility index (Phi) is 4.13. The van der Waals surface area contributed by atoms with E-state index in [1.54, 1.807) is 0 Å². The fourth-order valence-corrected chi connectivity index (χ4v) is 3.55. The summed E-state index contributed by atoms with van der Waals surface area (Å²) in [6.45, 7) is 2.04. The van der Waals surface area contributed by atoms with Crippen LogP contribution in [0.2, 0.25) is 0 Å². The molecule has 3 rings (SSSR count). The molecule has 0 amide bonds. The van der Waals surface area contributed by atoms with Crippen molar-refractivity contribution < 1.29 is 0 Å². The third-order valence-corrected chi connectivity index (χ3v) is 4.96. The van der Waals surface area contributed by atoms with Gasteiger partial charge in [0, 0.05) is 24.8 Å². The number of thiocarbonyl (C=S) groups is 1. The Hall–Kier alpha value is -1.20. The quantitative estimate of drug-likeness (QED) is 0.862. The number of pyridine rings is 1. The Morgan fingerprint density at radius 2 is 2.14 bits per heavy atom. The summed E-state index contributed by atoms with van der Waals surface area (Å²) in [5, 5.41) is 0. The number of rotatable bonds is 3. The first kappa shape index (κ1) is 14.7. The molecule has 1 unspecified atom stereocenters. The summed E-state index contributed by atoms with van der Waals surface area (Å²) in [7, 11) is 4.28. The van der Waals surface area contributed by atoms with E-state index >= 15 is 0 Å². The first-order chi connectivity index (χ1) is 10.1. The molecule has 21 heavy (non-hydrogen) atoms. The SMILES string of the molecule is CN(C)C1CCN(c2nc3c(cc2C(N)=S)CCCC3)C1. The van der Waals surface area contributed by atoms with Gasteiger partial charge >= 0.3 is 0 Å². The van der Waals surface area contributed by atoms with Crippen LogP contribution in [-0.2, 0) is 12.8 Å². The van der Waals surface area contributed by atoms with Crippen LogP contribution >= 0.6 is 12.2 Å². The third-order valence-electron chi connectivity index (χ3n) is 4.74. The highest BCUT2D eigenvalue weighted by molar-refractivity contribution is 7.80. The highest BCUT2D eigenvalue weighted by Crippen LogP contribution is 2.29. The minimum absolute atomic E-state index is 0.471. The smallest absolute Gasteiger partial charge is 0.139 e. The van der Waals surface area contributed by atoms with E-state index in [1.165, 1.54) is 30.5 Å². The second-order valence-electron chi connectivity index (χ2n) is 6.39. The van der Waals surface area contributed by atoms with Gasteiger partial charge in [0.25, 0.3) is 0 Å². The van der Waals surface area contributed by atoms with E-state index in [1.807, 2.05) is 0 Å². The fourth-order valence-electron chi connectivity index (χ4n) is 3.40. The number of hydrogen-bond donors (Lipinski definition) is 1. The van der Waals surface area contributed by atoms with Gasteiger partial charge in [-0.05, 0) is 57.8 Å². The summed E-state index contributed by atoms with van der Waals surface area (Å²) in [4.78, 5) is 10.1. The van der Waals surface area contributed by atoms with E-state index < -0.39 is 0 Å². The van der Waals surface area contributed by atoms with Gasteiger partial charge in [-0.25, -0.2) is 4.98 Å². The van der Waals surface area contributed by atoms with E-state index in [-0.39, 0.29) is 0 Å². The fraction of sp³-hybridized carbons (Fsp3) is 0.625. The zero-order valence-electron chi connectivity index (χ0n) is 12.9. The predicted molar refractivity (Wildman–Crippen MR) is 91.1 cm³/mol. The zero-order valence-corrected chi connectivity index (χ0v) is 13.7. The van der Waals surface area contributed by atoms with Crippen molar-refractivity contribution in [2.24, 2.45) is 5.73 Å². The lowest BCUT2D eigenvalue weighted by molar-refractivity contribution is 0.315. The summed E-state index contributed by atoms with van der Waals surface area (Å²) in [5.41, 5.74) is 9.53. The van der Waals surface area contributed by atoms with Crippen LogP contribution in [0.25, 0.3) is 0 Å². The minimum Gasteiger partial charge on any atom is -0.389 e. The van der Waals surface area contributed by atoms with Crippen molar-refractivity contribution in [3.05, 3.63) is 22.9 Å². The normalized spacial score (nSPS) is 21.7. The van der Waals surface area contributed by atoms with Gasteiger partial charge in [-0.3, -0.25) is 0 Å². The molecule has 1 aliphatic heterocycles. The molecule has 0 aromatic carbocycles. The Morgan fingerprint density at radius 1 is 1.38 bits per heavy atom. The number of likely N-dealkylation sites (N-methyl/N-ethyl adjacent to an activating group) is 1. The summed E-state index contributed by atoms with van der Waals surface area (Å²) >= 11 is 5.27. The molecule has 1 atom stereocenters. The van der Waals surface area contributed by atoms with Gasteiger partial charge < -0.3 is 15.5 Å². The first-order valence-corrected chi connectivity index (χ1v) is 8.21. The minimum atomic E-state index is 0.471. The molecule has 0 bridgehead atoms. The molecule has 1 fully saturated rings. The number of nitrogens with zero attached hydrogens (tertiary/aromatic N) is 3. The highest BCUT2D eigenvalue weighted by Gasteiger charge is 2.28. The van der Waals surface area contributed by atoms with E-state index in [4.69, 9.17) is 22.9 Å². The van der Waals surface area contributed by atoms with Crippen molar-refractivity contribution >= 4 is 23.0 Å². The Labute approximate surface area is 132 Å². The summed E-state index contributed by atoms with van der Waals surface area (Å²) in [5.74, 6) is 1.01. The standard InChI is InChI=1S/C16H24N4S/c1-19(2)12-7-8-20(10-12)16-13(15(17)21)9-11-5-3-4-6-14(11)18-16/h9,12H,3-8,10H2,1-2H3,(H2,17,21). The molecule has 4 nitrogen and oxygen atoms in total. The van der Waals surface area contributed by atoms with Gasteiger partial charge in [0.2, 0.25) is 0 Å². The van der Waals surface area contributed by atoms with Crippen LogP contribution in [0.5, 0.6) is 0 Å². The summed E-state index contributed by atoms with van der Waals surface area (Å²) in [6, 6.07) is 2.78. The van der Waals surface area contributed by atoms with Crippen molar-refractivity contribution in [1.82, 2.24) is 9.88 Å². The van der Waals surface area contributed by atoms with Crippen molar-refractivity contribution in [3.63, 3.8) is 0 Å². The van der Waals surface area contributed by atoms with Crippen molar-refractivity contribution in [2.75, 3.05) is 32.1 Å². The van der Waals surface area contributed by atoms with E-state index in [2.05, 4.69) is 30.0 Å². The zero-order chi connectivity index (χ0) is 15.0. The summed E-state index contributed by atoms with van der Waals surface area (Å²) in [6.07, 6.45) is 5.86. The molecular weight excluding hydrogens is 280 g/mol. The second-order valence-corrected chi connectivity index (χ2v) is 6.83. The monoisotopic (exact) mass is 304 g/mol. The Balaban J connectivity index is 1.95. The van der Waals surface area contributed by atoms with Gasteiger partial charge in [0.1, 0.15) is 10.8 Å². The molecule has 1 saturated heterocycles. The number of anilines is 1. The molecule has 2 aliphatic rings. The van der Waals surface area contributed by atoms with Crippen molar-refractivity contribution in [2.45, 2.75) is 38.1 Å². The molecule has 0 radical (unpaired) electrons. The molecule has 114 valence electrons. The molecular formula is C16H24N4S. The largest absolute Gasteiger partial charge is 0.389 e. The lowest BCUT2D eigenvalue weighted by Crippen LogP contribution is -2.33. The van der Waals surface area contributed by atoms with Crippen LogP contribution in [0.1, 0.15) is 36.1 Å². The topological polar surface area (TPSA) is 45.4 Å². The van der Waals surface area contributed by atoms with Crippen LogP contribution in [0.3, 0.4) is 0 Å². The number of fused-ring (bicyclic) bond motifs is 1. The number of hydrogen-bond acceptors (Lipinski definition) is 4. The maximum absolute atomic E-state index is 5.96. The molecule has 1 aliphatic carbocycles. The van der Waals surface area contributed by atoms with Gasteiger partial charge in [-0.15, -0.1) is 0 Å².